The second kappa shape index (κ2) is 7.62. The third kappa shape index (κ3) is 4.60. The maximum Gasteiger partial charge on any atom is 0.335 e. The van der Waals surface area contributed by atoms with Crippen LogP contribution in [-0.2, 0) is 11.3 Å². The van der Waals surface area contributed by atoms with Gasteiger partial charge in [-0.2, -0.15) is 0 Å². The van der Waals surface area contributed by atoms with Gasteiger partial charge < -0.3 is 9.84 Å². The summed E-state index contributed by atoms with van der Waals surface area (Å²) >= 11 is 3.44. The first-order valence-electron chi connectivity index (χ1n) is 6.24. The van der Waals surface area contributed by atoms with Crippen LogP contribution in [0.2, 0.25) is 0 Å². The van der Waals surface area contributed by atoms with Crippen LogP contribution in [0.3, 0.4) is 0 Å². The molecule has 1 aromatic carbocycles. The van der Waals surface area contributed by atoms with Gasteiger partial charge in [0.2, 0.25) is 0 Å². The SMILES string of the molecule is CCN(Cc1ccc(C(=O)O)cc1Br)C(C)COC. The molecule has 1 N–H and O–H groups in total. The monoisotopic (exact) mass is 329 g/mol. The predicted molar refractivity (Wildman–Crippen MR) is 78.5 cm³/mol. The largest absolute Gasteiger partial charge is 0.478 e. The Labute approximate surface area is 122 Å². The summed E-state index contributed by atoms with van der Waals surface area (Å²) in [6.07, 6.45) is 0. The van der Waals surface area contributed by atoms with Gasteiger partial charge in [-0.25, -0.2) is 4.79 Å². The van der Waals surface area contributed by atoms with Crippen LogP contribution >= 0.6 is 15.9 Å². The minimum Gasteiger partial charge on any atom is -0.478 e. The van der Waals surface area contributed by atoms with Crippen LogP contribution in [0, 0.1) is 0 Å². The first kappa shape index (κ1) is 16.1. The standard InChI is InChI=1S/C14H20BrNO3/c1-4-16(10(2)9-19-3)8-12-6-5-11(14(17)18)7-13(12)15/h5-7,10H,4,8-9H2,1-3H3,(H,17,18). The topological polar surface area (TPSA) is 49.8 Å². The third-order valence-electron chi connectivity index (χ3n) is 3.11. The zero-order chi connectivity index (χ0) is 14.4. The Morgan fingerprint density at radius 2 is 2.21 bits per heavy atom. The predicted octanol–water partition coefficient (Wildman–Crippen LogP) is 3.00. The highest BCUT2D eigenvalue weighted by atomic mass is 79.9. The van der Waals surface area contributed by atoms with E-state index in [9.17, 15) is 4.79 Å². The van der Waals surface area contributed by atoms with Crippen molar-refractivity contribution in [1.29, 1.82) is 0 Å². The molecule has 0 heterocycles. The van der Waals surface area contributed by atoms with Gasteiger partial charge in [-0.3, -0.25) is 4.90 Å². The summed E-state index contributed by atoms with van der Waals surface area (Å²) < 4.78 is 6.00. The lowest BCUT2D eigenvalue weighted by molar-refractivity contribution is 0.0696. The fraction of sp³-hybridized carbons (Fsp3) is 0.500. The quantitative estimate of drug-likeness (QED) is 0.835. The van der Waals surface area contributed by atoms with Gasteiger partial charge in [0.25, 0.3) is 0 Å². The molecule has 0 saturated carbocycles. The second-order valence-corrected chi connectivity index (χ2v) is 5.33. The Kier molecular flexibility index (Phi) is 6.48. The molecule has 4 nitrogen and oxygen atoms in total. The number of halogens is 1. The average Bonchev–Trinajstić information content (AvgIpc) is 2.37. The Morgan fingerprint density at radius 3 is 2.68 bits per heavy atom. The molecule has 1 rings (SSSR count). The first-order valence-corrected chi connectivity index (χ1v) is 7.03. The van der Waals surface area contributed by atoms with Crippen LogP contribution in [-0.4, -0.2) is 42.3 Å². The smallest absolute Gasteiger partial charge is 0.335 e. The van der Waals surface area contributed by atoms with E-state index in [1.54, 1.807) is 19.2 Å². The van der Waals surface area contributed by atoms with Crippen LogP contribution in [0.1, 0.15) is 29.8 Å². The molecule has 0 aliphatic rings. The van der Waals surface area contributed by atoms with Gasteiger partial charge in [-0.15, -0.1) is 0 Å². The summed E-state index contributed by atoms with van der Waals surface area (Å²) in [6, 6.07) is 5.46. The van der Waals surface area contributed by atoms with E-state index in [1.165, 1.54) is 0 Å². The van der Waals surface area contributed by atoms with Gasteiger partial charge in [-0.1, -0.05) is 28.9 Å². The van der Waals surface area contributed by atoms with Gasteiger partial charge in [0.05, 0.1) is 12.2 Å². The van der Waals surface area contributed by atoms with Crippen molar-refractivity contribution in [3.05, 3.63) is 33.8 Å². The number of aromatic carboxylic acids is 1. The molecule has 1 atom stereocenters. The van der Waals surface area contributed by atoms with Crippen LogP contribution in [0.25, 0.3) is 0 Å². The molecule has 0 fully saturated rings. The van der Waals surface area contributed by atoms with E-state index in [0.717, 1.165) is 23.1 Å². The number of carboxylic acids is 1. The normalized spacial score (nSPS) is 12.7. The van der Waals surface area contributed by atoms with Crippen molar-refractivity contribution in [2.45, 2.75) is 26.4 Å². The van der Waals surface area contributed by atoms with Crippen molar-refractivity contribution in [3.63, 3.8) is 0 Å². The molecule has 0 saturated heterocycles. The van der Waals surface area contributed by atoms with E-state index >= 15 is 0 Å². The molecular formula is C14H20BrNO3. The third-order valence-corrected chi connectivity index (χ3v) is 3.85. The molecule has 0 aliphatic heterocycles. The van der Waals surface area contributed by atoms with Crippen molar-refractivity contribution in [2.24, 2.45) is 0 Å². The van der Waals surface area contributed by atoms with Crippen LogP contribution in [0.15, 0.2) is 22.7 Å². The van der Waals surface area contributed by atoms with E-state index in [2.05, 4.69) is 34.7 Å². The Bertz CT molecular complexity index is 437. The zero-order valence-corrected chi connectivity index (χ0v) is 13.1. The summed E-state index contributed by atoms with van der Waals surface area (Å²) in [5, 5.41) is 8.94. The molecule has 0 bridgehead atoms. The van der Waals surface area contributed by atoms with Gasteiger partial charge >= 0.3 is 5.97 Å². The molecule has 106 valence electrons. The number of hydrogen-bond acceptors (Lipinski definition) is 3. The van der Waals surface area contributed by atoms with Crippen LogP contribution in [0.4, 0.5) is 0 Å². The first-order chi connectivity index (χ1) is 8.99. The lowest BCUT2D eigenvalue weighted by Crippen LogP contribution is -2.35. The molecule has 5 heteroatoms. The van der Waals surface area contributed by atoms with Crippen molar-refractivity contribution >= 4 is 21.9 Å². The minimum absolute atomic E-state index is 0.295. The highest BCUT2D eigenvalue weighted by molar-refractivity contribution is 9.10. The second-order valence-electron chi connectivity index (χ2n) is 4.48. The van der Waals surface area contributed by atoms with Crippen LogP contribution in [0.5, 0.6) is 0 Å². The number of rotatable bonds is 7. The van der Waals surface area contributed by atoms with Crippen molar-refractivity contribution in [3.8, 4) is 0 Å². The number of nitrogens with zero attached hydrogens (tertiary/aromatic N) is 1. The lowest BCUT2D eigenvalue weighted by Gasteiger charge is -2.27. The number of likely N-dealkylation sites (N-methyl/N-ethyl adjacent to an activating group) is 1. The molecule has 0 radical (unpaired) electrons. The number of hydrogen-bond donors (Lipinski definition) is 1. The van der Waals surface area contributed by atoms with E-state index in [0.29, 0.717) is 18.2 Å². The van der Waals surface area contributed by atoms with Crippen molar-refractivity contribution < 1.29 is 14.6 Å². The van der Waals surface area contributed by atoms with Crippen LogP contribution < -0.4 is 0 Å². The number of carboxylic acid groups (broad SMARTS) is 1. The van der Waals surface area contributed by atoms with Gasteiger partial charge in [-0.05, 0) is 31.2 Å². The summed E-state index contributed by atoms with van der Waals surface area (Å²) in [5.74, 6) is -0.910. The highest BCUT2D eigenvalue weighted by Crippen LogP contribution is 2.21. The van der Waals surface area contributed by atoms with Gasteiger partial charge in [0.15, 0.2) is 0 Å². The van der Waals surface area contributed by atoms with E-state index in [4.69, 9.17) is 9.84 Å². The van der Waals surface area contributed by atoms with E-state index in [-0.39, 0.29) is 0 Å². The number of benzene rings is 1. The molecule has 1 unspecified atom stereocenters. The Balaban J connectivity index is 2.83. The zero-order valence-electron chi connectivity index (χ0n) is 11.5. The molecule has 0 aromatic heterocycles. The molecule has 19 heavy (non-hydrogen) atoms. The van der Waals surface area contributed by atoms with Crippen molar-refractivity contribution in [1.82, 2.24) is 4.90 Å². The maximum absolute atomic E-state index is 10.9. The minimum atomic E-state index is -0.910. The average molecular weight is 330 g/mol. The maximum atomic E-state index is 10.9. The summed E-state index contributed by atoms with van der Waals surface area (Å²) in [7, 11) is 1.70. The van der Waals surface area contributed by atoms with Gasteiger partial charge in [0.1, 0.15) is 0 Å². The number of ether oxygens (including phenoxy) is 1. The Hall–Kier alpha value is -0.910. The highest BCUT2D eigenvalue weighted by Gasteiger charge is 2.14. The van der Waals surface area contributed by atoms with E-state index < -0.39 is 5.97 Å². The Morgan fingerprint density at radius 1 is 1.53 bits per heavy atom. The molecule has 0 aliphatic carbocycles. The molecule has 0 spiro atoms. The number of carbonyl (C=O) groups is 1. The summed E-state index contributed by atoms with van der Waals surface area (Å²) in [6.45, 7) is 6.58. The molecule has 0 amide bonds. The lowest BCUT2D eigenvalue weighted by atomic mass is 10.1. The molecular weight excluding hydrogens is 310 g/mol. The number of methoxy groups -OCH3 is 1. The fourth-order valence-electron chi connectivity index (χ4n) is 1.95. The fourth-order valence-corrected chi connectivity index (χ4v) is 2.46. The summed E-state index contributed by atoms with van der Waals surface area (Å²) in [5.41, 5.74) is 1.37. The molecule has 1 aromatic rings. The van der Waals surface area contributed by atoms with E-state index in [1.807, 2.05) is 6.07 Å². The van der Waals surface area contributed by atoms with Gasteiger partial charge in [0, 0.05) is 24.2 Å². The van der Waals surface area contributed by atoms with Crippen molar-refractivity contribution in [2.75, 3.05) is 20.3 Å². The summed E-state index contributed by atoms with van der Waals surface area (Å²) in [4.78, 5) is 13.2.